The van der Waals surface area contributed by atoms with Crippen molar-refractivity contribution in [2.24, 2.45) is 4.99 Å². The summed E-state index contributed by atoms with van der Waals surface area (Å²) < 4.78 is 5.07. The second-order valence-electron chi connectivity index (χ2n) is 4.04. The third-order valence-corrected chi connectivity index (χ3v) is 1.47. The molecule has 1 rings (SSSR count). The standard InChI is InChI=1S/C10H13NO3/c1-10(2,3)14-9(13)8-6-7(12)4-5-11-8/h4-5H,6H2,1-3H3. The first-order valence-corrected chi connectivity index (χ1v) is 4.38. The van der Waals surface area contributed by atoms with Gasteiger partial charge in [0.05, 0.1) is 6.42 Å². The smallest absolute Gasteiger partial charge is 0.353 e. The monoisotopic (exact) mass is 195 g/mol. The molecule has 0 aliphatic carbocycles. The van der Waals surface area contributed by atoms with Crippen molar-refractivity contribution in [2.75, 3.05) is 0 Å². The van der Waals surface area contributed by atoms with Crippen molar-refractivity contribution in [1.29, 1.82) is 0 Å². The maximum absolute atomic E-state index is 11.4. The number of ketones is 1. The summed E-state index contributed by atoms with van der Waals surface area (Å²) >= 11 is 0. The number of ether oxygens (including phenoxy) is 1. The molecule has 0 saturated carbocycles. The van der Waals surface area contributed by atoms with E-state index in [1.807, 2.05) is 0 Å². The number of nitrogens with zero attached hydrogens (tertiary/aromatic N) is 1. The number of aliphatic imine (C=N–C) groups is 1. The first kappa shape index (κ1) is 10.6. The van der Waals surface area contributed by atoms with Crippen molar-refractivity contribution >= 4 is 17.5 Å². The highest BCUT2D eigenvalue weighted by Gasteiger charge is 2.23. The van der Waals surface area contributed by atoms with Gasteiger partial charge in [-0.15, -0.1) is 0 Å². The molecule has 0 spiro atoms. The normalized spacial score (nSPS) is 16.5. The largest absolute Gasteiger partial charge is 0.455 e. The van der Waals surface area contributed by atoms with Gasteiger partial charge in [0.25, 0.3) is 0 Å². The molecule has 0 N–H and O–H groups in total. The molecule has 4 heteroatoms. The van der Waals surface area contributed by atoms with Crippen LogP contribution in [0, 0.1) is 0 Å². The third-order valence-electron chi connectivity index (χ3n) is 1.47. The Labute approximate surface area is 82.7 Å². The lowest BCUT2D eigenvalue weighted by Crippen LogP contribution is -2.30. The van der Waals surface area contributed by atoms with E-state index in [2.05, 4.69) is 4.99 Å². The Morgan fingerprint density at radius 1 is 1.50 bits per heavy atom. The molecular formula is C10H13NO3. The lowest BCUT2D eigenvalue weighted by molar-refractivity contribution is -0.146. The Hall–Kier alpha value is -1.45. The zero-order chi connectivity index (χ0) is 10.8. The zero-order valence-corrected chi connectivity index (χ0v) is 8.53. The van der Waals surface area contributed by atoms with Gasteiger partial charge in [0.2, 0.25) is 0 Å². The molecule has 0 fully saturated rings. The molecule has 4 nitrogen and oxygen atoms in total. The maximum Gasteiger partial charge on any atom is 0.353 e. The van der Waals surface area contributed by atoms with E-state index in [1.54, 1.807) is 20.8 Å². The van der Waals surface area contributed by atoms with Gasteiger partial charge >= 0.3 is 5.97 Å². The summed E-state index contributed by atoms with van der Waals surface area (Å²) in [6, 6.07) is 0. The van der Waals surface area contributed by atoms with Crippen LogP contribution < -0.4 is 0 Å². The van der Waals surface area contributed by atoms with Gasteiger partial charge < -0.3 is 4.74 Å². The molecule has 0 unspecified atom stereocenters. The van der Waals surface area contributed by atoms with Crippen LogP contribution in [0.1, 0.15) is 27.2 Å². The molecule has 0 aromatic rings. The average molecular weight is 195 g/mol. The van der Waals surface area contributed by atoms with Crippen LogP contribution in [0.5, 0.6) is 0 Å². The zero-order valence-electron chi connectivity index (χ0n) is 8.53. The molecule has 0 aromatic heterocycles. The molecule has 0 atom stereocenters. The number of esters is 1. The highest BCUT2D eigenvalue weighted by Crippen LogP contribution is 2.10. The molecule has 0 amide bonds. The number of hydrogen-bond donors (Lipinski definition) is 0. The molecular weight excluding hydrogens is 182 g/mol. The predicted octanol–water partition coefficient (Wildman–Crippen LogP) is 1.26. The van der Waals surface area contributed by atoms with Gasteiger partial charge in [-0.2, -0.15) is 0 Å². The van der Waals surface area contributed by atoms with E-state index >= 15 is 0 Å². The van der Waals surface area contributed by atoms with Gasteiger partial charge in [0, 0.05) is 6.20 Å². The Bertz CT molecular complexity index is 321. The predicted molar refractivity (Wildman–Crippen MR) is 52.0 cm³/mol. The lowest BCUT2D eigenvalue weighted by atomic mass is 10.1. The Morgan fingerprint density at radius 3 is 2.64 bits per heavy atom. The van der Waals surface area contributed by atoms with Crippen molar-refractivity contribution in [2.45, 2.75) is 32.8 Å². The number of rotatable bonds is 1. The van der Waals surface area contributed by atoms with Gasteiger partial charge in [-0.3, -0.25) is 9.79 Å². The SMILES string of the molecule is CC(C)(C)OC(=O)C1=NC=CC(=O)C1. The summed E-state index contributed by atoms with van der Waals surface area (Å²) in [6.07, 6.45) is 2.70. The second kappa shape index (κ2) is 3.74. The van der Waals surface area contributed by atoms with E-state index in [0.717, 1.165) is 0 Å². The Kier molecular flexibility index (Phi) is 2.84. The first-order chi connectivity index (χ1) is 6.38. The summed E-state index contributed by atoms with van der Waals surface area (Å²) in [7, 11) is 0. The van der Waals surface area contributed by atoms with Crippen LogP contribution in [0.3, 0.4) is 0 Å². The van der Waals surface area contributed by atoms with Crippen LogP contribution in [-0.2, 0) is 14.3 Å². The average Bonchev–Trinajstić information content (AvgIpc) is 2.01. The summed E-state index contributed by atoms with van der Waals surface area (Å²) in [5.41, 5.74) is -0.378. The van der Waals surface area contributed by atoms with Gasteiger partial charge in [0.1, 0.15) is 11.3 Å². The van der Waals surface area contributed by atoms with Crippen LogP contribution in [0.25, 0.3) is 0 Å². The van der Waals surface area contributed by atoms with Gasteiger partial charge in [-0.25, -0.2) is 4.79 Å². The summed E-state index contributed by atoms with van der Waals surface area (Å²) in [5, 5.41) is 0. The third kappa shape index (κ3) is 3.12. The lowest BCUT2D eigenvalue weighted by Gasteiger charge is -2.20. The molecule has 0 bridgehead atoms. The van der Waals surface area contributed by atoms with Crippen LogP contribution in [0.4, 0.5) is 0 Å². The highest BCUT2D eigenvalue weighted by molar-refractivity contribution is 6.41. The summed E-state index contributed by atoms with van der Waals surface area (Å²) in [4.78, 5) is 26.2. The van der Waals surface area contributed by atoms with E-state index in [4.69, 9.17) is 4.74 Å². The molecule has 0 aromatic carbocycles. The fraction of sp³-hybridized carbons (Fsp3) is 0.500. The molecule has 76 valence electrons. The molecule has 1 heterocycles. The van der Waals surface area contributed by atoms with E-state index in [0.29, 0.717) is 0 Å². The van der Waals surface area contributed by atoms with Crippen molar-refractivity contribution in [1.82, 2.24) is 0 Å². The minimum atomic E-state index is -0.552. The van der Waals surface area contributed by atoms with Crippen LogP contribution in [0.15, 0.2) is 17.3 Å². The first-order valence-electron chi connectivity index (χ1n) is 4.38. The van der Waals surface area contributed by atoms with E-state index in [1.165, 1.54) is 12.3 Å². The van der Waals surface area contributed by atoms with E-state index < -0.39 is 11.6 Å². The Morgan fingerprint density at radius 2 is 2.14 bits per heavy atom. The van der Waals surface area contributed by atoms with Gasteiger partial charge in [-0.05, 0) is 26.8 Å². The fourth-order valence-electron chi connectivity index (χ4n) is 0.942. The van der Waals surface area contributed by atoms with Crippen molar-refractivity contribution in [3.8, 4) is 0 Å². The quantitative estimate of drug-likeness (QED) is 0.592. The van der Waals surface area contributed by atoms with Crippen molar-refractivity contribution in [3.63, 3.8) is 0 Å². The number of carbonyl (C=O) groups excluding carboxylic acids is 2. The molecule has 0 saturated heterocycles. The molecule has 0 radical (unpaired) electrons. The number of carbonyl (C=O) groups is 2. The van der Waals surface area contributed by atoms with Crippen molar-refractivity contribution < 1.29 is 14.3 Å². The highest BCUT2D eigenvalue weighted by atomic mass is 16.6. The molecule has 14 heavy (non-hydrogen) atoms. The topological polar surface area (TPSA) is 55.7 Å². The number of allylic oxidation sites excluding steroid dienone is 1. The van der Waals surface area contributed by atoms with E-state index in [9.17, 15) is 9.59 Å². The van der Waals surface area contributed by atoms with Crippen LogP contribution >= 0.6 is 0 Å². The van der Waals surface area contributed by atoms with Crippen LogP contribution in [-0.4, -0.2) is 23.1 Å². The van der Waals surface area contributed by atoms with E-state index in [-0.39, 0.29) is 17.9 Å². The van der Waals surface area contributed by atoms with Crippen LogP contribution in [0.2, 0.25) is 0 Å². The van der Waals surface area contributed by atoms with Gasteiger partial charge in [0.15, 0.2) is 5.78 Å². The molecule has 1 aliphatic heterocycles. The Balaban J connectivity index is 2.67. The second-order valence-corrected chi connectivity index (χ2v) is 4.04. The number of hydrogen-bond acceptors (Lipinski definition) is 4. The summed E-state index contributed by atoms with van der Waals surface area (Å²) in [5.74, 6) is -0.643. The maximum atomic E-state index is 11.4. The minimum absolute atomic E-state index is 0.0331. The molecule has 1 aliphatic rings. The summed E-state index contributed by atoms with van der Waals surface area (Å²) in [6.45, 7) is 5.31. The van der Waals surface area contributed by atoms with Gasteiger partial charge in [-0.1, -0.05) is 0 Å². The fourth-order valence-corrected chi connectivity index (χ4v) is 0.942. The minimum Gasteiger partial charge on any atom is -0.455 e. The van der Waals surface area contributed by atoms with Crippen molar-refractivity contribution in [3.05, 3.63) is 12.3 Å².